The number of rotatable bonds is 3. The van der Waals surface area contributed by atoms with Gasteiger partial charge in [0.25, 0.3) is 5.56 Å². The van der Waals surface area contributed by atoms with Gasteiger partial charge in [-0.2, -0.15) is 5.10 Å². The highest BCUT2D eigenvalue weighted by Crippen LogP contribution is 2.36. The van der Waals surface area contributed by atoms with Gasteiger partial charge in [-0.1, -0.05) is 11.6 Å². The summed E-state index contributed by atoms with van der Waals surface area (Å²) in [5, 5.41) is 8.11. The van der Waals surface area contributed by atoms with Crippen molar-refractivity contribution in [2.45, 2.75) is 6.54 Å². The molecule has 126 valence electrons. The lowest BCUT2D eigenvalue weighted by Crippen LogP contribution is -2.44. The lowest BCUT2D eigenvalue weighted by molar-refractivity contribution is 0.174. The molecule has 1 fully saturated rings. The summed E-state index contributed by atoms with van der Waals surface area (Å²) < 4.78 is 12.0. The van der Waals surface area contributed by atoms with Gasteiger partial charge in [-0.3, -0.25) is 4.79 Å². The lowest BCUT2D eigenvalue weighted by Gasteiger charge is -2.28. The van der Waals surface area contributed by atoms with Crippen molar-refractivity contribution in [3.05, 3.63) is 45.3 Å². The highest BCUT2D eigenvalue weighted by atomic mass is 35.5. The Kier molecular flexibility index (Phi) is 4.03. The minimum absolute atomic E-state index is 0.153. The molecular formula is C16H17ClN4O3. The summed E-state index contributed by atoms with van der Waals surface area (Å²) in [5.74, 6) is 1.26. The number of benzene rings is 1. The molecule has 0 bridgehead atoms. The van der Waals surface area contributed by atoms with Crippen LogP contribution in [-0.2, 0) is 6.54 Å². The fourth-order valence-electron chi connectivity index (χ4n) is 2.88. The van der Waals surface area contributed by atoms with Gasteiger partial charge in [0.15, 0.2) is 11.5 Å². The standard InChI is InChI=1S/C16H17ClN4O3/c17-13-7-15-14(23-10-24-15)5-11(13)9-21-16(22)6-12(8-19-21)20-3-1-18-2-4-20/h5-8,18H,1-4,9-10H2. The van der Waals surface area contributed by atoms with E-state index in [1.54, 1.807) is 24.4 Å². The predicted octanol–water partition coefficient (Wildman–Crippen LogP) is 1.08. The third-order valence-corrected chi connectivity index (χ3v) is 4.55. The van der Waals surface area contributed by atoms with Crippen LogP contribution in [0.4, 0.5) is 5.69 Å². The summed E-state index contributed by atoms with van der Waals surface area (Å²) in [6.45, 7) is 4.05. The minimum Gasteiger partial charge on any atom is -0.454 e. The lowest BCUT2D eigenvalue weighted by atomic mass is 10.2. The summed E-state index contributed by atoms with van der Waals surface area (Å²) in [6, 6.07) is 5.13. The van der Waals surface area contributed by atoms with Crippen molar-refractivity contribution in [3.63, 3.8) is 0 Å². The van der Waals surface area contributed by atoms with E-state index in [2.05, 4.69) is 15.3 Å². The van der Waals surface area contributed by atoms with Gasteiger partial charge in [0, 0.05) is 43.3 Å². The number of piperazine rings is 1. The van der Waals surface area contributed by atoms with Crippen molar-refractivity contribution >= 4 is 17.3 Å². The third-order valence-electron chi connectivity index (χ3n) is 4.20. The molecule has 3 heterocycles. The number of halogens is 1. The monoisotopic (exact) mass is 348 g/mol. The summed E-state index contributed by atoms with van der Waals surface area (Å²) in [4.78, 5) is 14.5. The molecule has 0 radical (unpaired) electrons. The Morgan fingerprint density at radius 2 is 1.92 bits per heavy atom. The van der Waals surface area contributed by atoms with Gasteiger partial charge in [-0.15, -0.1) is 0 Å². The first-order valence-electron chi connectivity index (χ1n) is 7.81. The van der Waals surface area contributed by atoms with Gasteiger partial charge < -0.3 is 19.7 Å². The SMILES string of the molecule is O=c1cc(N2CCNCC2)cnn1Cc1cc2c(cc1Cl)OCO2. The van der Waals surface area contributed by atoms with Crippen LogP contribution in [0.1, 0.15) is 5.56 Å². The molecule has 0 aliphatic carbocycles. The Labute approximate surface area is 143 Å². The molecular weight excluding hydrogens is 332 g/mol. The smallest absolute Gasteiger partial charge is 0.269 e. The first-order chi connectivity index (χ1) is 11.7. The van der Waals surface area contributed by atoms with E-state index >= 15 is 0 Å². The van der Waals surface area contributed by atoms with Crippen LogP contribution in [0.25, 0.3) is 0 Å². The third kappa shape index (κ3) is 2.92. The molecule has 4 rings (SSSR count). The zero-order valence-corrected chi connectivity index (χ0v) is 13.8. The number of aromatic nitrogens is 2. The number of hydrogen-bond acceptors (Lipinski definition) is 6. The van der Waals surface area contributed by atoms with E-state index in [0.29, 0.717) is 16.5 Å². The Balaban J connectivity index is 1.58. The van der Waals surface area contributed by atoms with Crippen LogP contribution < -0.4 is 25.2 Å². The van der Waals surface area contributed by atoms with E-state index in [0.717, 1.165) is 37.4 Å². The predicted molar refractivity (Wildman–Crippen MR) is 90.3 cm³/mol. The largest absolute Gasteiger partial charge is 0.454 e. The second-order valence-electron chi connectivity index (χ2n) is 5.74. The number of nitrogens with zero attached hydrogens (tertiary/aromatic N) is 3. The van der Waals surface area contributed by atoms with E-state index in [4.69, 9.17) is 21.1 Å². The number of anilines is 1. The quantitative estimate of drug-likeness (QED) is 0.895. The number of nitrogens with one attached hydrogen (secondary N) is 1. The fraction of sp³-hybridized carbons (Fsp3) is 0.375. The highest BCUT2D eigenvalue weighted by Gasteiger charge is 2.17. The topological polar surface area (TPSA) is 68.6 Å². The fourth-order valence-corrected chi connectivity index (χ4v) is 3.09. The van der Waals surface area contributed by atoms with E-state index in [1.807, 2.05) is 0 Å². The van der Waals surface area contributed by atoms with E-state index in [9.17, 15) is 4.79 Å². The summed E-state index contributed by atoms with van der Waals surface area (Å²) in [7, 11) is 0. The van der Waals surface area contributed by atoms with Gasteiger partial charge in [0.2, 0.25) is 6.79 Å². The summed E-state index contributed by atoms with van der Waals surface area (Å²) >= 11 is 6.27. The highest BCUT2D eigenvalue weighted by molar-refractivity contribution is 6.31. The molecule has 0 spiro atoms. The molecule has 0 unspecified atom stereocenters. The van der Waals surface area contributed by atoms with Gasteiger partial charge in [0.1, 0.15) is 0 Å². The molecule has 2 aliphatic rings. The van der Waals surface area contributed by atoms with Crippen molar-refractivity contribution in [3.8, 4) is 11.5 Å². The molecule has 2 aliphatic heterocycles. The second kappa shape index (κ2) is 6.33. The molecule has 2 aromatic rings. The summed E-state index contributed by atoms with van der Waals surface area (Å²) in [6.07, 6.45) is 1.73. The molecule has 0 atom stereocenters. The Bertz CT molecular complexity index is 817. The molecule has 1 aromatic carbocycles. The normalized spacial score (nSPS) is 16.5. The first kappa shape index (κ1) is 15.3. The van der Waals surface area contributed by atoms with Crippen LogP contribution >= 0.6 is 11.6 Å². The Morgan fingerprint density at radius 3 is 2.67 bits per heavy atom. The van der Waals surface area contributed by atoms with E-state index < -0.39 is 0 Å². The van der Waals surface area contributed by atoms with Gasteiger partial charge in [-0.05, 0) is 11.6 Å². The molecule has 24 heavy (non-hydrogen) atoms. The average Bonchev–Trinajstić information content (AvgIpc) is 3.04. The first-order valence-corrected chi connectivity index (χ1v) is 8.19. The molecule has 1 saturated heterocycles. The van der Waals surface area contributed by atoms with Gasteiger partial charge in [-0.25, -0.2) is 4.68 Å². The molecule has 0 amide bonds. The molecule has 1 aromatic heterocycles. The zero-order valence-electron chi connectivity index (χ0n) is 13.0. The van der Waals surface area contributed by atoms with Crippen molar-refractivity contribution in [2.75, 3.05) is 37.9 Å². The molecule has 7 nitrogen and oxygen atoms in total. The molecule has 0 saturated carbocycles. The Morgan fingerprint density at radius 1 is 1.17 bits per heavy atom. The number of hydrogen-bond donors (Lipinski definition) is 1. The zero-order chi connectivity index (χ0) is 16.5. The van der Waals surface area contributed by atoms with Crippen LogP contribution in [0.15, 0.2) is 29.2 Å². The number of ether oxygens (including phenoxy) is 2. The van der Waals surface area contributed by atoms with Crippen molar-refractivity contribution in [2.24, 2.45) is 0 Å². The maximum absolute atomic E-state index is 12.4. The maximum atomic E-state index is 12.4. The van der Waals surface area contributed by atoms with E-state index in [1.165, 1.54) is 4.68 Å². The van der Waals surface area contributed by atoms with Crippen molar-refractivity contribution < 1.29 is 9.47 Å². The van der Waals surface area contributed by atoms with Crippen LogP contribution in [0.2, 0.25) is 5.02 Å². The van der Waals surface area contributed by atoms with Gasteiger partial charge >= 0.3 is 0 Å². The van der Waals surface area contributed by atoms with E-state index in [-0.39, 0.29) is 18.9 Å². The maximum Gasteiger partial charge on any atom is 0.269 e. The second-order valence-corrected chi connectivity index (χ2v) is 6.15. The Hall–Kier alpha value is -2.25. The molecule has 1 N–H and O–H groups in total. The molecule has 8 heteroatoms. The average molecular weight is 349 g/mol. The van der Waals surface area contributed by atoms with Crippen molar-refractivity contribution in [1.82, 2.24) is 15.1 Å². The van der Waals surface area contributed by atoms with Crippen LogP contribution in [0, 0.1) is 0 Å². The van der Waals surface area contributed by atoms with Crippen LogP contribution in [0.3, 0.4) is 0 Å². The minimum atomic E-state index is -0.153. The summed E-state index contributed by atoms with van der Waals surface area (Å²) in [5.41, 5.74) is 1.47. The number of fused-ring (bicyclic) bond motifs is 1. The van der Waals surface area contributed by atoms with Crippen LogP contribution in [-0.4, -0.2) is 42.8 Å². The van der Waals surface area contributed by atoms with Crippen LogP contribution in [0.5, 0.6) is 11.5 Å². The van der Waals surface area contributed by atoms with Crippen molar-refractivity contribution in [1.29, 1.82) is 0 Å². The van der Waals surface area contributed by atoms with Gasteiger partial charge in [0.05, 0.1) is 18.4 Å².